The summed E-state index contributed by atoms with van der Waals surface area (Å²) in [4.78, 5) is 2.38. The van der Waals surface area contributed by atoms with Crippen molar-refractivity contribution in [2.45, 2.75) is 19.3 Å². The third-order valence-corrected chi connectivity index (χ3v) is 10.8. The summed E-state index contributed by atoms with van der Waals surface area (Å²) < 4.78 is 0. The Balaban J connectivity index is 1.28. The first-order valence-corrected chi connectivity index (χ1v) is 16.8. The van der Waals surface area contributed by atoms with E-state index in [4.69, 9.17) is 0 Å². The Morgan fingerprint density at radius 2 is 0.917 bits per heavy atom. The Morgan fingerprint density at radius 3 is 1.54 bits per heavy atom. The number of hydrogen-bond donors (Lipinski definition) is 0. The maximum Gasteiger partial charge on any atom is 0.0731 e. The molecule has 0 saturated heterocycles. The Labute approximate surface area is 281 Å². The normalized spacial score (nSPS) is 13.4. The van der Waals surface area contributed by atoms with Crippen molar-refractivity contribution in [2.75, 3.05) is 4.90 Å². The minimum Gasteiger partial charge on any atom is -0.310 e. The van der Waals surface area contributed by atoms with Gasteiger partial charge >= 0.3 is 0 Å². The second-order valence-corrected chi connectivity index (χ2v) is 13.5. The van der Waals surface area contributed by atoms with E-state index in [1.54, 1.807) is 0 Å². The van der Waals surface area contributed by atoms with Crippen LogP contribution in [0.15, 0.2) is 164 Å². The minimum absolute atomic E-state index is 0.406. The number of hydrogen-bond acceptors (Lipinski definition) is 1. The van der Waals surface area contributed by atoms with Crippen LogP contribution in [0.1, 0.15) is 33.4 Å². The molecule has 0 aromatic heterocycles. The predicted octanol–water partition coefficient (Wildman–Crippen LogP) is 12.4. The van der Waals surface area contributed by atoms with E-state index in [0.717, 1.165) is 17.1 Å². The molecule has 0 unspecified atom stereocenters. The molecule has 2 aliphatic carbocycles. The zero-order valence-electron chi connectivity index (χ0n) is 27.0. The molecule has 48 heavy (non-hydrogen) atoms. The fraction of sp³-hybridized carbons (Fsp3) is 0.0638. The first-order chi connectivity index (χ1) is 23.6. The van der Waals surface area contributed by atoms with Crippen molar-refractivity contribution in [3.8, 4) is 22.3 Å². The highest BCUT2D eigenvalue weighted by molar-refractivity contribution is 6.07. The summed E-state index contributed by atoms with van der Waals surface area (Å²) in [5, 5.41) is 5.11. The largest absolute Gasteiger partial charge is 0.310 e. The lowest BCUT2D eigenvalue weighted by Crippen LogP contribution is -2.26. The van der Waals surface area contributed by atoms with Gasteiger partial charge < -0.3 is 4.90 Å². The van der Waals surface area contributed by atoms with E-state index in [2.05, 4.69) is 183 Å². The van der Waals surface area contributed by atoms with Crippen LogP contribution in [-0.2, 0) is 5.41 Å². The average Bonchev–Trinajstić information content (AvgIpc) is 3.59. The lowest BCUT2D eigenvalue weighted by Gasteiger charge is -2.32. The number of fused-ring (bicyclic) bond motifs is 13. The van der Waals surface area contributed by atoms with Crippen LogP contribution >= 0.6 is 0 Å². The fourth-order valence-electron chi connectivity index (χ4n) is 8.62. The molecule has 8 aromatic carbocycles. The summed E-state index contributed by atoms with van der Waals surface area (Å²) in [6, 6.07) is 61.4. The van der Waals surface area contributed by atoms with E-state index >= 15 is 0 Å². The first-order valence-electron chi connectivity index (χ1n) is 16.8. The number of rotatable bonds is 3. The van der Waals surface area contributed by atoms with Gasteiger partial charge in [-0.2, -0.15) is 0 Å². The van der Waals surface area contributed by atoms with Gasteiger partial charge in [0.1, 0.15) is 0 Å². The highest BCUT2D eigenvalue weighted by atomic mass is 15.1. The highest BCUT2D eigenvalue weighted by Gasteiger charge is 2.52. The van der Waals surface area contributed by atoms with Gasteiger partial charge in [-0.3, -0.25) is 0 Å². The maximum atomic E-state index is 2.47. The van der Waals surface area contributed by atoms with E-state index in [9.17, 15) is 0 Å². The molecule has 1 spiro atoms. The van der Waals surface area contributed by atoms with E-state index in [-0.39, 0.29) is 0 Å². The van der Waals surface area contributed by atoms with Crippen molar-refractivity contribution in [2.24, 2.45) is 0 Å². The summed E-state index contributed by atoms with van der Waals surface area (Å²) >= 11 is 0. The van der Waals surface area contributed by atoms with Crippen LogP contribution in [-0.4, -0.2) is 0 Å². The molecule has 226 valence electrons. The molecule has 0 radical (unpaired) electrons. The van der Waals surface area contributed by atoms with Gasteiger partial charge in [-0.15, -0.1) is 0 Å². The van der Waals surface area contributed by atoms with Crippen molar-refractivity contribution in [3.05, 3.63) is 197 Å². The molecule has 0 saturated carbocycles. The Morgan fingerprint density at radius 1 is 0.375 bits per heavy atom. The number of nitrogens with zero attached hydrogens (tertiary/aromatic N) is 1. The minimum atomic E-state index is -0.406. The number of anilines is 3. The standard InChI is InChI=1S/C47H33N/c1-30-15-20-35(21-16-30)48(36-22-17-31(2)18-23-36)37-24-26-38-34(27-37)19-25-41-42-28-32-9-3-4-10-33(32)29-45(42)47(46(38)41)43-13-7-5-11-39(43)40-12-6-8-14-44(40)47/h3-29H,1-2H3. The molecule has 0 fully saturated rings. The van der Waals surface area contributed by atoms with Gasteiger partial charge in [0.15, 0.2) is 0 Å². The predicted molar refractivity (Wildman–Crippen MR) is 202 cm³/mol. The Kier molecular flexibility index (Phi) is 5.69. The average molecular weight is 612 g/mol. The molecule has 2 aliphatic rings. The smallest absolute Gasteiger partial charge is 0.0731 e. The number of benzene rings is 8. The van der Waals surface area contributed by atoms with Gasteiger partial charge in [-0.05, 0) is 128 Å². The molecule has 0 amide bonds. The van der Waals surface area contributed by atoms with Gasteiger partial charge in [0.25, 0.3) is 0 Å². The van der Waals surface area contributed by atoms with E-state index < -0.39 is 5.41 Å². The van der Waals surface area contributed by atoms with Crippen LogP contribution in [0.3, 0.4) is 0 Å². The highest BCUT2D eigenvalue weighted by Crippen LogP contribution is 2.64. The monoisotopic (exact) mass is 611 g/mol. The van der Waals surface area contributed by atoms with Crippen LogP contribution in [0, 0.1) is 13.8 Å². The third-order valence-electron chi connectivity index (χ3n) is 10.8. The molecule has 1 heteroatoms. The molecular formula is C47H33N. The van der Waals surface area contributed by atoms with Crippen molar-refractivity contribution in [1.29, 1.82) is 0 Å². The van der Waals surface area contributed by atoms with Crippen LogP contribution in [0.2, 0.25) is 0 Å². The molecular weight excluding hydrogens is 579 g/mol. The summed E-state index contributed by atoms with van der Waals surface area (Å²) in [5.74, 6) is 0. The molecule has 8 aromatic rings. The van der Waals surface area contributed by atoms with Gasteiger partial charge in [-0.1, -0.05) is 126 Å². The second-order valence-electron chi connectivity index (χ2n) is 13.5. The molecule has 0 aliphatic heterocycles. The SMILES string of the molecule is Cc1ccc(N(c2ccc(C)cc2)c2ccc3c4c(ccc3c2)-c2cc3ccccc3cc2C42c3ccccc3-c3ccccc32)cc1. The first kappa shape index (κ1) is 27.2. The lowest BCUT2D eigenvalue weighted by atomic mass is 9.69. The quantitative estimate of drug-likeness (QED) is 0.192. The molecule has 0 atom stereocenters. The zero-order chi connectivity index (χ0) is 32.0. The van der Waals surface area contributed by atoms with Gasteiger partial charge in [0.2, 0.25) is 0 Å². The summed E-state index contributed by atoms with van der Waals surface area (Å²) in [5.41, 5.74) is 16.4. The van der Waals surface area contributed by atoms with Crippen LogP contribution in [0.25, 0.3) is 43.8 Å². The van der Waals surface area contributed by atoms with Gasteiger partial charge in [0.05, 0.1) is 5.41 Å². The summed E-state index contributed by atoms with van der Waals surface area (Å²) in [6.45, 7) is 4.29. The molecule has 1 nitrogen and oxygen atoms in total. The van der Waals surface area contributed by atoms with Crippen LogP contribution in [0.5, 0.6) is 0 Å². The third kappa shape index (κ3) is 3.67. The van der Waals surface area contributed by atoms with E-state index in [0.29, 0.717) is 0 Å². The molecule has 0 bridgehead atoms. The fourth-order valence-corrected chi connectivity index (χ4v) is 8.62. The zero-order valence-corrected chi connectivity index (χ0v) is 27.0. The van der Waals surface area contributed by atoms with Gasteiger partial charge in [0, 0.05) is 17.1 Å². The van der Waals surface area contributed by atoms with Crippen molar-refractivity contribution >= 4 is 38.6 Å². The molecule has 0 N–H and O–H groups in total. The van der Waals surface area contributed by atoms with E-state index in [1.807, 2.05) is 0 Å². The second kappa shape index (κ2) is 10.0. The Bertz CT molecular complexity index is 2480. The van der Waals surface area contributed by atoms with Crippen LogP contribution in [0.4, 0.5) is 17.1 Å². The van der Waals surface area contributed by atoms with E-state index in [1.165, 1.54) is 77.2 Å². The Hall–Kier alpha value is -5.92. The molecule has 0 heterocycles. The van der Waals surface area contributed by atoms with Crippen molar-refractivity contribution < 1.29 is 0 Å². The van der Waals surface area contributed by atoms with Gasteiger partial charge in [-0.25, -0.2) is 0 Å². The molecule has 10 rings (SSSR count). The summed E-state index contributed by atoms with van der Waals surface area (Å²) in [7, 11) is 0. The van der Waals surface area contributed by atoms with Crippen molar-refractivity contribution in [3.63, 3.8) is 0 Å². The summed E-state index contributed by atoms with van der Waals surface area (Å²) in [6.07, 6.45) is 0. The lowest BCUT2D eigenvalue weighted by molar-refractivity contribution is 0.802. The van der Waals surface area contributed by atoms with Crippen molar-refractivity contribution in [1.82, 2.24) is 0 Å². The topological polar surface area (TPSA) is 3.24 Å². The maximum absolute atomic E-state index is 2.47. The van der Waals surface area contributed by atoms with Crippen LogP contribution < -0.4 is 4.90 Å². The number of aryl methyl sites for hydroxylation is 2.